The van der Waals surface area contributed by atoms with Crippen LogP contribution in [0.15, 0.2) is 47.3 Å². The number of hydrogen-bond donors (Lipinski definition) is 1. The van der Waals surface area contributed by atoms with Crippen LogP contribution in [0.5, 0.6) is 0 Å². The summed E-state index contributed by atoms with van der Waals surface area (Å²) < 4.78 is 5.51. The van der Waals surface area contributed by atoms with E-state index < -0.39 is 0 Å². The molecule has 1 aliphatic carbocycles. The number of carbonyl (C=O) groups is 1. The first-order valence-electron chi connectivity index (χ1n) is 8.60. The fourth-order valence-corrected chi connectivity index (χ4v) is 3.09. The van der Waals surface area contributed by atoms with Crippen molar-refractivity contribution in [3.05, 3.63) is 54.2 Å². The van der Waals surface area contributed by atoms with Crippen molar-refractivity contribution in [2.24, 2.45) is 5.92 Å². The summed E-state index contributed by atoms with van der Waals surface area (Å²) in [6.45, 7) is 6.25. The van der Waals surface area contributed by atoms with Gasteiger partial charge in [0.2, 0.25) is 0 Å². The predicted octanol–water partition coefficient (Wildman–Crippen LogP) is 4.31. The van der Waals surface area contributed by atoms with E-state index in [0.29, 0.717) is 6.04 Å². The number of urea groups is 1. The molecule has 0 aliphatic heterocycles. The molecule has 1 saturated carbocycles. The van der Waals surface area contributed by atoms with E-state index in [1.807, 2.05) is 36.1 Å². The lowest BCUT2D eigenvalue weighted by Gasteiger charge is -2.32. The zero-order valence-electron chi connectivity index (χ0n) is 14.5. The fraction of sp³-hybridized carbons (Fsp3) is 0.474. The van der Waals surface area contributed by atoms with Gasteiger partial charge in [-0.3, -0.25) is 4.98 Å². The number of nitrogens with one attached hydrogen (secondary N) is 1. The molecule has 2 atom stereocenters. The third-order valence-corrected chi connectivity index (χ3v) is 4.56. The summed E-state index contributed by atoms with van der Waals surface area (Å²) in [5.41, 5.74) is 1.08. The smallest absolute Gasteiger partial charge is 0.318 e. The molecule has 2 aromatic rings. The maximum atomic E-state index is 13.0. The third kappa shape index (κ3) is 3.61. The minimum absolute atomic E-state index is 0.0306. The van der Waals surface area contributed by atoms with Gasteiger partial charge < -0.3 is 14.6 Å². The average molecular weight is 327 g/mol. The summed E-state index contributed by atoms with van der Waals surface area (Å²) in [6.07, 6.45) is 7.30. The number of nitrogens with zero attached hydrogens (tertiary/aromatic N) is 2. The van der Waals surface area contributed by atoms with Crippen molar-refractivity contribution in [3.63, 3.8) is 0 Å². The van der Waals surface area contributed by atoms with Gasteiger partial charge in [-0.25, -0.2) is 4.79 Å². The molecule has 128 valence electrons. The van der Waals surface area contributed by atoms with E-state index in [9.17, 15) is 4.79 Å². The standard InChI is InChI=1S/C19H25N3O2/c1-13(2)18(15-8-10-20-11-9-15)21-19(23)22(16-6-7-16)14(3)17-5-4-12-24-17/h4-5,8-14,16,18H,6-7H2,1-3H3,(H,21,23)/t14-,18-/m1/s1. The number of pyridine rings is 1. The normalized spacial score (nSPS) is 16.7. The van der Waals surface area contributed by atoms with Crippen LogP contribution in [0.4, 0.5) is 4.79 Å². The molecule has 0 unspecified atom stereocenters. The van der Waals surface area contributed by atoms with Crippen LogP contribution in [0.2, 0.25) is 0 Å². The molecule has 1 fully saturated rings. The van der Waals surface area contributed by atoms with Gasteiger partial charge in [0.05, 0.1) is 18.3 Å². The van der Waals surface area contributed by atoms with Crippen molar-refractivity contribution in [3.8, 4) is 0 Å². The summed E-state index contributed by atoms with van der Waals surface area (Å²) in [5, 5.41) is 3.21. The zero-order chi connectivity index (χ0) is 17.1. The van der Waals surface area contributed by atoms with E-state index in [0.717, 1.165) is 24.2 Å². The maximum Gasteiger partial charge on any atom is 0.318 e. The second kappa shape index (κ2) is 7.07. The number of furan rings is 1. The summed E-state index contributed by atoms with van der Waals surface area (Å²) in [7, 11) is 0. The van der Waals surface area contributed by atoms with Gasteiger partial charge in [0, 0.05) is 18.4 Å². The van der Waals surface area contributed by atoms with Crippen LogP contribution >= 0.6 is 0 Å². The van der Waals surface area contributed by atoms with Crippen LogP contribution in [0.25, 0.3) is 0 Å². The summed E-state index contributed by atoms with van der Waals surface area (Å²) >= 11 is 0. The molecule has 0 radical (unpaired) electrons. The molecule has 0 bridgehead atoms. The van der Waals surface area contributed by atoms with E-state index in [1.165, 1.54) is 0 Å². The Labute approximate surface area is 143 Å². The van der Waals surface area contributed by atoms with Crippen LogP contribution in [0.3, 0.4) is 0 Å². The fourth-order valence-electron chi connectivity index (χ4n) is 3.09. The van der Waals surface area contributed by atoms with Gasteiger partial charge in [0.25, 0.3) is 0 Å². The Balaban J connectivity index is 1.77. The number of carbonyl (C=O) groups excluding carboxylic acids is 1. The summed E-state index contributed by atoms with van der Waals surface area (Å²) in [5.74, 6) is 1.11. The second-order valence-electron chi connectivity index (χ2n) is 6.78. The lowest BCUT2D eigenvalue weighted by Crippen LogP contribution is -2.45. The van der Waals surface area contributed by atoms with E-state index in [4.69, 9.17) is 4.42 Å². The molecule has 3 rings (SSSR count). The molecule has 1 aliphatic rings. The van der Waals surface area contributed by atoms with Crippen molar-refractivity contribution in [2.45, 2.75) is 51.7 Å². The molecular formula is C19H25N3O2. The van der Waals surface area contributed by atoms with Gasteiger partial charge in [0.1, 0.15) is 5.76 Å². The molecule has 0 aromatic carbocycles. The van der Waals surface area contributed by atoms with Crippen molar-refractivity contribution < 1.29 is 9.21 Å². The first-order valence-corrected chi connectivity index (χ1v) is 8.60. The van der Waals surface area contributed by atoms with Gasteiger partial charge >= 0.3 is 6.03 Å². The van der Waals surface area contributed by atoms with Crippen molar-refractivity contribution in [2.75, 3.05) is 0 Å². The van der Waals surface area contributed by atoms with E-state index in [1.54, 1.807) is 18.7 Å². The highest BCUT2D eigenvalue weighted by Crippen LogP contribution is 2.35. The van der Waals surface area contributed by atoms with Crippen LogP contribution in [-0.2, 0) is 0 Å². The number of hydrogen-bond acceptors (Lipinski definition) is 3. The predicted molar refractivity (Wildman–Crippen MR) is 92.3 cm³/mol. The van der Waals surface area contributed by atoms with Crippen molar-refractivity contribution in [1.82, 2.24) is 15.2 Å². The molecule has 0 spiro atoms. The van der Waals surface area contributed by atoms with Crippen LogP contribution in [-0.4, -0.2) is 22.0 Å². The SMILES string of the molecule is CC(C)[C@@H](NC(=O)N(C1CC1)[C@H](C)c1ccco1)c1ccncc1. The maximum absolute atomic E-state index is 13.0. The second-order valence-corrected chi connectivity index (χ2v) is 6.78. The Kier molecular flexibility index (Phi) is 4.88. The van der Waals surface area contributed by atoms with Gasteiger partial charge in [-0.2, -0.15) is 0 Å². The van der Waals surface area contributed by atoms with Crippen LogP contribution in [0, 0.1) is 5.92 Å². The Bertz CT molecular complexity index is 651. The topological polar surface area (TPSA) is 58.4 Å². The van der Waals surface area contributed by atoms with Gasteiger partial charge in [0.15, 0.2) is 0 Å². The Hall–Kier alpha value is -2.30. The molecule has 2 aromatic heterocycles. The van der Waals surface area contributed by atoms with Crippen LogP contribution < -0.4 is 5.32 Å². The van der Waals surface area contributed by atoms with Gasteiger partial charge in [-0.1, -0.05) is 13.8 Å². The average Bonchev–Trinajstić information content (AvgIpc) is 3.25. The molecule has 5 heteroatoms. The molecule has 0 saturated heterocycles. The van der Waals surface area contributed by atoms with Gasteiger partial charge in [-0.15, -0.1) is 0 Å². The van der Waals surface area contributed by atoms with E-state index in [-0.39, 0.29) is 24.0 Å². The summed E-state index contributed by atoms with van der Waals surface area (Å²) in [4.78, 5) is 19.0. The minimum atomic E-state index is -0.0715. The molecule has 1 N–H and O–H groups in total. The number of amides is 2. The third-order valence-electron chi connectivity index (χ3n) is 4.56. The first-order chi connectivity index (χ1) is 11.6. The molecule has 5 nitrogen and oxygen atoms in total. The van der Waals surface area contributed by atoms with Crippen LogP contribution in [0.1, 0.15) is 57.0 Å². The summed E-state index contributed by atoms with van der Waals surface area (Å²) in [6, 6.07) is 7.87. The highest BCUT2D eigenvalue weighted by Gasteiger charge is 2.38. The monoisotopic (exact) mass is 327 g/mol. The largest absolute Gasteiger partial charge is 0.467 e. The molecule has 24 heavy (non-hydrogen) atoms. The lowest BCUT2D eigenvalue weighted by molar-refractivity contribution is 0.160. The van der Waals surface area contributed by atoms with E-state index in [2.05, 4.69) is 24.1 Å². The van der Waals surface area contributed by atoms with Gasteiger partial charge in [-0.05, 0) is 55.5 Å². The Morgan fingerprint density at radius 2 is 1.96 bits per heavy atom. The van der Waals surface area contributed by atoms with Crippen molar-refractivity contribution >= 4 is 6.03 Å². The minimum Gasteiger partial charge on any atom is -0.467 e. The highest BCUT2D eigenvalue weighted by molar-refractivity contribution is 5.76. The highest BCUT2D eigenvalue weighted by atomic mass is 16.3. The quantitative estimate of drug-likeness (QED) is 0.860. The Morgan fingerprint density at radius 1 is 1.25 bits per heavy atom. The number of aromatic nitrogens is 1. The molecule has 2 heterocycles. The first kappa shape index (κ1) is 16.6. The Morgan fingerprint density at radius 3 is 2.50 bits per heavy atom. The molecule has 2 amide bonds. The van der Waals surface area contributed by atoms with E-state index >= 15 is 0 Å². The zero-order valence-corrected chi connectivity index (χ0v) is 14.5. The number of rotatable bonds is 6. The lowest BCUT2D eigenvalue weighted by atomic mass is 9.97. The molecular weight excluding hydrogens is 302 g/mol. The van der Waals surface area contributed by atoms with Crippen molar-refractivity contribution in [1.29, 1.82) is 0 Å².